The Bertz CT molecular complexity index is 648. The molecule has 0 radical (unpaired) electrons. The van der Waals surface area contributed by atoms with Crippen molar-refractivity contribution >= 4 is 22.5 Å². The molecule has 8 heteroatoms. The monoisotopic (exact) mass is 291 g/mol. The Morgan fingerprint density at radius 1 is 1.45 bits per heavy atom. The molecule has 2 aromatic rings. The number of nitrogens with zero attached hydrogens (tertiary/aromatic N) is 4. The van der Waals surface area contributed by atoms with Crippen LogP contribution in [0.2, 0.25) is 0 Å². The number of thiazole rings is 1. The number of hydrogen-bond acceptors (Lipinski definition) is 6. The standard InChI is InChI=1S/C12H13N5O2S/c18-11-13-3-4-17(11)12-14-8(6-20-12)5-9-15-10(16-19-9)7-1-2-7/h6-7H,1-5H2,(H,13,18). The molecule has 104 valence electrons. The summed E-state index contributed by atoms with van der Waals surface area (Å²) in [5, 5.41) is 9.40. The van der Waals surface area contributed by atoms with Crippen LogP contribution in [0.5, 0.6) is 0 Å². The second kappa shape index (κ2) is 4.55. The molecule has 0 spiro atoms. The largest absolute Gasteiger partial charge is 0.339 e. The van der Waals surface area contributed by atoms with Crippen molar-refractivity contribution in [1.29, 1.82) is 0 Å². The van der Waals surface area contributed by atoms with E-state index in [9.17, 15) is 4.79 Å². The van der Waals surface area contributed by atoms with Gasteiger partial charge in [-0.3, -0.25) is 4.90 Å². The van der Waals surface area contributed by atoms with Crippen molar-refractivity contribution in [1.82, 2.24) is 20.4 Å². The summed E-state index contributed by atoms with van der Waals surface area (Å²) in [5.41, 5.74) is 0.857. The molecule has 2 aromatic heterocycles. The minimum absolute atomic E-state index is 0.0836. The summed E-state index contributed by atoms with van der Waals surface area (Å²) in [6, 6.07) is -0.0836. The van der Waals surface area contributed by atoms with Gasteiger partial charge in [-0.2, -0.15) is 4.98 Å². The summed E-state index contributed by atoms with van der Waals surface area (Å²) in [6.07, 6.45) is 2.83. The van der Waals surface area contributed by atoms with Crippen LogP contribution in [0.25, 0.3) is 0 Å². The fourth-order valence-corrected chi connectivity index (χ4v) is 3.01. The molecule has 1 saturated carbocycles. The molecule has 2 aliphatic rings. The fraction of sp³-hybridized carbons (Fsp3) is 0.500. The van der Waals surface area contributed by atoms with Gasteiger partial charge in [0.1, 0.15) is 0 Å². The van der Waals surface area contributed by atoms with Gasteiger partial charge in [0, 0.05) is 24.4 Å². The van der Waals surface area contributed by atoms with Crippen LogP contribution in [0, 0.1) is 0 Å². The van der Waals surface area contributed by atoms with Gasteiger partial charge in [0.05, 0.1) is 12.1 Å². The van der Waals surface area contributed by atoms with E-state index in [1.54, 1.807) is 4.90 Å². The van der Waals surface area contributed by atoms with Gasteiger partial charge >= 0.3 is 6.03 Å². The summed E-state index contributed by atoms with van der Waals surface area (Å²) in [5.74, 6) is 1.90. The fourth-order valence-electron chi connectivity index (χ4n) is 2.16. The molecular formula is C12H13N5O2S. The molecule has 2 fully saturated rings. The molecule has 0 bridgehead atoms. The quantitative estimate of drug-likeness (QED) is 0.923. The minimum Gasteiger partial charge on any atom is -0.339 e. The number of amides is 2. The maximum Gasteiger partial charge on any atom is 0.323 e. The second-order valence-corrected chi connectivity index (χ2v) is 5.84. The van der Waals surface area contributed by atoms with Gasteiger partial charge in [-0.25, -0.2) is 9.78 Å². The van der Waals surface area contributed by atoms with Crippen molar-refractivity contribution in [3.05, 3.63) is 22.8 Å². The Morgan fingerprint density at radius 3 is 3.10 bits per heavy atom. The van der Waals surface area contributed by atoms with E-state index in [4.69, 9.17) is 4.52 Å². The third-order valence-electron chi connectivity index (χ3n) is 3.39. The normalized spacial score (nSPS) is 18.6. The second-order valence-electron chi connectivity index (χ2n) is 5.00. The first kappa shape index (κ1) is 11.8. The third kappa shape index (κ3) is 2.15. The summed E-state index contributed by atoms with van der Waals surface area (Å²) >= 11 is 1.46. The van der Waals surface area contributed by atoms with Crippen LogP contribution in [0.1, 0.15) is 36.2 Å². The van der Waals surface area contributed by atoms with Gasteiger partial charge in [-0.05, 0) is 12.8 Å². The average molecular weight is 291 g/mol. The van der Waals surface area contributed by atoms with Crippen molar-refractivity contribution in [2.45, 2.75) is 25.2 Å². The highest BCUT2D eigenvalue weighted by atomic mass is 32.1. The number of carbonyl (C=O) groups excluding carboxylic acids is 1. The van der Waals surface area contributed by atoms with Gasteiger partial charge in [0.2, 0.25) is 5.89 Å². The molecule has 4 rings (SSSR count). The molecule has 2 amide bonds. The zero-order valence-electron chi connectivity index (χ0n) is 10.7. The van der Waals surface area contributed by atoms with Crippen molar-refractivity contribution in [3.8, 4) is 0 Å². The number of anilines is 1. The van der Waals surface area contributed by atoms with E-state index in [0.29, 0.717) is 31.3 Å². The number of nitrogens with one attached hydrogen (secondary N) is 1. The van der Waals surface area contributed by atoms with E-state index < -0.39 is 0 Å². The SMILES string of the molecule is O=C1NCCN1c1nc(Cc2nc(C3CC3)no2)cs1. The van der Waals surface area contributed by atoms with Gasteiger partial charge in [0.25, 0.3) is 0 Å². The number of rotatable bonds is 4. The molecule has 1 aliphatic heterocycles. The van der Waals surface area contributed by atoms with E-state index >= 15 is 0 Å². The molecule has 0 unspecified atom stereocenters. The lowest BCUT2D eigenvalue weighted by Crippen LogP contribution is -2.27. The first-order chi connectivity index (χ1) is 9.79. The Labute approximate surface area is 119 Å². The van der Waals surface area contributed by atoms with E-state index in [1.807, 2.05) is 5.38 Å². The first-order valence-electron chi connectivity index (χ1n) is 6.62. The van der Waals surface area contributed by atoms with E-state index in [-0.39, 0.29) is 6.03 Å². The Morgan fingerprint density at radius 2 is 2.35 bits per heavy atom. The van der Waals surface area contributed by atoms with E-state index in [1.165, 1.54) is 11.3 Å². The molecule has 20 heavy (non-hydrogen) atoms. The van der Waals surface area contributed by atoms with Gasteiger partial charge in [-0.1, -0.05) is 5.16 Å². The Kier molecular flexibility index (Phi) is 2.69. The Hall–Kier alpha value is -1.96. The minimum atomic E-state index is -0.0836. The summed E-state index contributed by atoms with van der Waals surface area (Å²) in [4.78, 5) is 22.1. The van der Waals surface area contributed by atoms with Gasteiger partial charge in [0.15, 0.2) is 11.0 Å². The predicted octanol–water partition coefficient (Wildman–Crippen LogP) is 1.52. The van der Waals surface area contributed by atoms with Crippen molar-refractivity contribution < 1.29 is 9.32 Å². The van der Waals surface area contributed by atoms with Crippen LogP contribution in [0.4, 0.5) is 9.93 Å². The average Bonchev–Trinajstić information content (AvgIpc) is 2.86. The van der Waals surface area contributed by atoms with Crippen LogP contribution in [-0.4, -0.2) is 34.2 Å². The highest BCUT2D eigenvalue weighted by Crippen LogP contribution is 2.38. The highest BCUT2D eigenvalue weighted by Gasteiger charge is 2.29. The molecule has 7 nitrogen and oxygen atoms in total. The summed E-state index contributed by atoms with van der Waals surface area (Å²) in [7, 11) is 0. The van der Waals surface area contributed by atoms with Crippen molar-refractivity contribution in [2.75, 3.05) is 18.0 Å². The van der Waals surface area contributed by atoms with Crippen LogP contribution in [-0.2, 0) is 6.42 Å². The summed E-state index contributed by atoms with van der Waals surface area (Å²) in [6.45, 7) is 1.33. The third-order valence-corrected chi connectivity index (χ3v) is 4.30. The van der Waals surface area contributed by atoms with Crippen LogP contribution in [0.15, 0.2) is 9.90 Å². The first-order valence-corrected chi connectivity index (χ1v) is 7.50. The maximum atomic E-state index is 11.6. The highest BCUT2D eigenvalue weighted by molar-refractivity contribution is 7.14. The lowest BCUT2D eigenvalue weighted by atomic mass is 10.3. The predicted molar refractivity (Wildman–Crippen MR) is 71.9 cm³/mol. The molecular weight excluding hydrogens is 278 g/mol. The van der Waals surface area contributed by atoms with Crippen molar-refractivity contribution in [2.24, 2.45) is 0 Å². The molecule has 3 heterocycles. The number of carbonyl (C=O) groups is 1. The molecule has 0 aromatic carbocycles. The number of hydrogen-bond donors (Lipinski definition) is 1. The summed E-state index contributed by atoms with van der Waals surface area (Å²) < 4.78 is 5.24. The lowest BCUT2D eigenvalue weighted by molar-refractivity contribution is 0.252. The van der Waals surface area contributed by atoms with Gasteiger partial charge in [-0.15, -0.1) is 11.3 Å². The van der Waals surface area contributed by atoms with Crippen LogP contribution in [0.3, 0.4) is 0 Å². The molecule has 0 atom stereocenters. The number of urea groups is 1. The molecule has 1 aliphatic carbocycles. The van der Waals surface area contributed by atoms with E-state index in [2.05, 4.69) is 20.4 Å². The van der Waals surface area contributed by atoms with Crippen molar-refractivity contribution in [3.63, 3.8) is 0 Å². The van der Waals surface area contributed by atoms with E-state index in [0.717, 1.165) is 29.5 Å². The van der Waals surface area contributed by atoms with Crippen LogP contribution >= 0.6 is 11.3 Å². The smallest absolute Gasteiger partial charge is 0.323 e. The number of aromatic nitrogens is 3. The molecule has 1 N–H and O–H groups in total. The Balaban J connectivity index is 1.48. The topological polar surface area (TPSA) is 84.2 Å². The van der Waals surface area contributed by atoms with Gasteiger partial charge < -0.3 is 9.84 Å². The molecule has 1 saturated heterocycles. The van der Waals surface area contributed by atoms with Crippen LogP contribution < -0.4 is 10.2 Å². The zero-order valence-corrected chi connectivity index (χ0v) is 11.5. The lowest BCUT2D eigenvalue weighted by Gasteiger charge is -2.08. The zero-order chi connectivity index (χ0) is 13.5. The maximum absolute atomic E-state index is 11.6.